The number of rotatable bonds is 4. The van der Waals surface area contributed by atoms with Crippen molar-refractivity contribution in [3.8, 4) is 0 Å². The molecule has 1 atom stereocenters. The van der Waals surface area contributed by atoms with Gasteiger partial charge >= 0.3 is 11.8 Å². The van der Waals surface area contributed by atoms with E-state index in [0.717, 1.165) is 0 Å². The molecule has 7 heteroatoms. The van der Waals surface area contributed by atoms with Gasteiger partial charge in [-0.3, -0.25) is 4.79 Å². The normalized spacial score (nSPS) is 12.8. The monoisotopic (exact) mass is 227 g/mol. The van der Waals surface area contributed by atoms with Gasteiger partial charge in [-0.2, -0.15) is 0 Å². The van der Waals surface area contributed by atoms with Crippen LogP contribution >= 0.6 is 0 Å². The highest BCUT2D eigenvalue weighted by Gasteiger charge is 2.34. The number of aromatic nitrogens is 2. The van der Waals surface area contributed by atoms with Crippen LogP contribution in [0.15, 0.2) is 6.33 Å². The highest BCUT2D eigenvalue weighted by atomic mass is 16.6. The van der Waals surface area contributed by atoms with Gasteiger partial charge in [0, 0.05) is 7.05 Å². The Hall–Kier alpha value is -1.92. The summed E-state index contributed by atoms with van der Waals surface area (Å²) >= 11 is 0. The van der Waals surface area contributed by atoms with Gasteiger partial charge in [-0.1, -0.05) is 13.8 Å². The summed E-state index contributed by atoms with van der Waals surface area (Å²) in [6, 6.07) is 0. The molecule has 88 valence electrons. The molecule has 0 fully saturated rings. The summed E-state index contributed by atoms with van der Waals surface area (Å²) in [6.45, 7) is 3.41. The van der Waals surface area contributed by atoms with Gasteiger partial charge in [-0.15, -0.1) is 0 Å². The second-order valence-electron chi connectivity index (χ2n) is 3.88. The molecule has 0 bridgehead atoms. The molecule has 1 heterocycles. The third kappa shape index (κ3) is 2.02. The van der Waals surface area contributed by atoms with E-state index in [9.17, 15) is 14.9 Å². The maximum absolute atomic E-state index is 11.1. The number of carbonyl (C=O) groups is 1. The van der Waals surface area contributed by atoms with Gasteiger partial charge in [0.05, 0.1) is 0 Å². The van der Waals surface area contributed by atoms with Crippen molar-refractivity contribution in [1.82, 2.24) is 9.55 Å². The zero-order chi connectivity index (χ0) is 12.5. The Kier molecular flexibility index (Phi) is 3.26. The summed E-state index contributed by atoms with van der Waals surface area (Å²) in [4.78, 5) is 24.8. The Balaban J connectivity index is 3.33. The number of aliphatic carboxylic acids is 1. The molecule has 0 amide bonds. The molecule has 1 aromatic heterocycles. The molecule has 16 heavy (non-hydrogen) atoms. The van der Waals surface area contributed by atoms with Crippen LogP contribution in [-0.4, -0.2) is 25.6 Å². The molecular formula is C9H13N3O4. The number of imidazole rings is 1. The minimum atomic E-state index is -1.08. The number of aryl methyl sites for hydroxylation is 1. The van der Waals surface area contributed by atoms with E-state index in [2.05, 4.69) is 4.98 Å². The van der Waals surface area contributed by atoms with E-state index >= 15 is 0 Å². The number of hydrogen-bond donors (Lipinski definition) is 1. The molecule has 1 rings (SSSR count). The minimum absolute atomic E-state index is 0.132. The first-order valence-corrected chi connectivity index (χ1v) is 4.74. The lowest BCUT2D eigenvalue weighted by atomic mass is 9.92. The topological polar surface area (TPSA) is 98.3 Å². The van der Waals surface area contributed by atoms with Crippen molar-refractivity contribution in [3.05, 3.63) is 22.1 Å². The molecule has 0 spiro atoms. The molecule has 0 saturated carbocycles. The number of carboxylic acid groups (broad SMARTS) is 1. The Morgan fingerprint density at radius 1 is 1.62 bits per heavy atom. The van der Waals surface area contributed by atoms with Gasteiger partial charge in [0.15, 0.2) is 0 Å². The smallest absolute Gasteiger partial charge is 0.385 e. The molecule has 0 aliphatic carbocycles. The molecule has 1 aromatic rings. The third-order valence-corrected chi connectivity index (χ3v) is 2.36. The number of nitrogens with zero attached hydrogens (tertiary/aromatic N) is 3. The molecule has 7 nitrogen and oxygen atoms in total. The van der Waals surface area contributed by atoms with Gasteiger partial charge in [-0.25, -0.2) is 0 Å². The largest absolute Gasteiger partial charge is 0.481 e. The molecule has 1 N–H and O–H groups in total. The SMILES string of the molecule is CC(C)C(C(=O)O)c1c([N+](=O)[O-])ncn1C. The second-order valence-corrected chi connectivity index (χ2v) is 3.88. The van der Waals surface area contributed by atoms with Crippen LogP contribution in [0.25, 0.3) is 0 Å². The zero-order valence-electron chi connectivity index (χ0n) is 9.25. The average Bonchev–Trinajstić information content (AvgIpc) is 2.47. The quantitative estimate of drug-likeness (QED) is 0.614. The highest BCUT2D eigenvalue weighted by Crippen LogP contribution is 2.30. The first-order valence-electron chi connectivity index (χ1n) is 4.74. The molecule has 0 radical (unpaired) electrons. The summed E-state index contributed by atoms with van der Waals surface area (Å²) in [6.07, 6.45) is 1.26. The minimum Gasteiger partial charge on any atom is -0.481 e. The zero-order valence-corrected chi connectivity index (χ0v) is 9.25. The fourth-order valence-electron chi connectivity index (χ4n) is 1.64. The number of nitro groups is 1. The first kappa shape index (κ1) is 12.2. The van der Waals surface area contributed by atoms with Crippen molar-refractivity contribution in [2.45, 2.75) is 19.8 Å². The Morgan fingerprint density at radius 2 is 2.19 bits per heavy atom. The standard InChI is InChI=1S/C9H13N3O4/c1-5(2)6(9(13)14)7-8(12(15)16)10-4-11(7)3/h4-6H,1-3H3,(H,13,14). The van der Waals surface area contributed by atoms with Crippen LogP contribution in [0.3, 0.4) is 0 Å². The predicted octanol–water partition coefficient (Wildman–Crippen LogP) is 1.15. The average molecular weight is 227 g/mol. The summed E-state index contributed by atoms with van der Waals surface area (Å²) in [5.74, 6) is -2.63. The van der Waals surface area contributed by atoms with E-state index in [0.29, 0.717) is 0 Å². The van der Waals surface area contributed by atoms with Crippen LogP contribution < -0.4 is 0 Å². The lowest BCUT2D eigenvalue weighted by Crippen LogP contribution is -2.21. The molecule has 0 saturated heterocycles. The molecule has 0 aliphatic heterocycles. The molecule has 0 aromatic carbocycles. The third-order valence-electron chi connectivity index (χ3n) is 2.36. The Bertz CT molecular complexity index is 424. The maximum atomic E-state index is 11.1. The summed E-state index contributed by atoms with van der Waals surface area (Å²) in [5, 5.41) is 19.8. The Labute approximate surface area is 91.9 Å². The van der Waals surface area contributed by atoms with Gasteiger partial charge in [0.1, 0.15) is 11.6 Å². The van der Waals surface area contributed by atoms with E-state index in [-0.39, 0.29) is 17.4 Å². The van der Waals surface area contributed by atoms with Crippen LogP contribution in [0, 0.1) is 16.0 Å². The molecule has 1 unspecified atom stereocenters. The van der Waals surface area contributed by atoms with Gasteiger partial charge < -0.3 is 19.8 Å². The number of carboxylic acids is 1. The fourth-order valence-corrected chi connectivity index (χ4v) is 1.64. The van der Waals surface area contributed by atoms with Crippen LogP contribution in [0.4, 0.5) is 5.82 Å². The summed E-state index contributed by atoms with van der Waals surface area (Å²) in [7, 11) is 1.55. The van der Waals surface area contributed by atoms with Crippen molar-refractivity contribution >= 4 is 11.8 Å². The number of hydrogen-bond acceptors (Lipinski definition) is 4. The van der Waals surface area contributed by atoms with Crippen molar-refractivity contribution in [1.29, 1.82) is 0 Å². The van der Waals surface area contributed by atoms with Gasteiger partial charge in [0.25, 0.3) is 0 Å². The van der Waals surface area contributed by atoms with Gasteiger partial charge in [-0.05, 0) is 15.8 Å². The summed E-state index contributed by atoms with van der Waals surface area (Å²) in [5.41, 5.74) is 0.132. The van der Waals surface area contributed by atoms with Crippen LogP contribution in [0.1, 0.15) is 25.5 Å². The van der Waals surface area contributed by atoms with Crippen LogP contribution in [-0.2, 0) is 11.8 Å². The maximum Gasteiger partial charge on any atom is 0.385 e. The lowest BCUT2D eigenvalue weighted by Gasteiger charge is -2.15. The van der Waals surface area contributed by atoms with Crippen molar-refractivity contribution < 1.29 is 14.8 Å². The lowest BCUT2D eigenvalue weighted by molar-refractivity contribution is -0.390. The van der Waals surface area contributed by atoms with Crippen LogP contribution in [0.2, 0.25) is 0 Å². The molecule has 0 aliphatic rings. The Morgan fingerprint density at radius 3 is 2.56 bits per heavy atom. The fraction of sp³-hybridized carbons (Fsp3) is 0.556. The van der Waals surface area contributed by atoms with Crippen molar-refractivity contribution in [2.75, 3.05) is 0 Å². The first-order chi connectivity index (χ1) is 7.36. The van der Waals surface area contributed by atoms with E-state index in [1.807, 2.05) is 0 Å². The highest BCUT2D eigenvalue weighted by molar-refractivity contribution is 5.77. The molecular weight excluding hydrogens is 214 g/mol. The van der Waals surface area contributed by atoms with Gasteiger partial charge in [0.2, 0.25) is 6.33 Å². The van der Waals surface area contributed by atoms with E-state index < -0.39 is 16.8 Å². The van der Waals surface area contributed by atoms with E-state index in [1.54, 1.807) is 20.9 Å². The second kappa shape index (κ2) is 4.30. The summed E-state index contributed by atoms with van der Waals surface area (Å²) < 4.78 is 1.39. The van der Waals surface area contributed by atoms with E-state index in [4.69, 9.17) is 5.11 Å². The predicted molar refractivity (Wildman–Crippen MR) is 55.1 cm³/mol. The van der Waals surface area contributed by atoms with Crippen molar-refractivity contribution in [2.24, 2.45) is 13.0 Å². The van der Waals surface area contributed by atoms with Crippen molar-refractivity contribution in [3.63, 3.8) is 0 Å². The van der Waals surface area contributed by atoms with E-state index in [1.165, 1.54) is 10.9 Å². The van der Waals surface area contributed by atoms with Crippen LogP contribution in [0.5, 0.6) is 0 Å².